The van der Waals surface area contributed by atoms with Crippen molar-refractivity contribution in [2.24, 2.45) is 0 Å². The maximum absolute atomic E-state index is 12.4. The number of benzene rings is 1. The van der Waals surface area contributed by atoms with Gasteiger partial charge >= 0.3 is 0 Å². The fourth-order valence-corrected chi connectivity index (χ4v) is 2.50. The number of aryl methyl sites for hydroxylation is 1. The average molecular weight is 217 g/mol. The highest BCUT2D eigenvalue weighted by Gasteiger charge is 2.28. The van der Waals surface area contributed by atoms with Crippen LogP contribution in [0.3, 0.4) is 0 Å². The number of hydrogen-bond acceptors (Lipinski definition) is 1. The minimum Gasteiger partial charge on any atom is -0.336 e. The van der Waals surface area contributed by atoms with E-state index in [2.05, 4.69) is 6.92 Å². The van der Waals surface area contributed by atoms with E-state index in [-0.39, 0.29) is 5.91 Å². The van der Waals surface area contributed by atoms with Gasteiger partial charge < -0.3 is 4.90 Å². The lowest BCUT2D eigenvalue weighted by molar-refractivity contribution is 0.0733. The van der Waals surface area contributed by atoms with E-state index in [9.17, 15) is 4.79 Å². The van der Waals surface area contributed by atoms with E-state index >= 15 is 0 Å². The fourth-order valence-electron chi connectivity index (χ4n) is 2.50. The highest BCUT2D eigenvalue weighted by molar-refractivity contribution is 5.96. The molecule has 1 unspecified atom stereocenters. The van der Waals surface area contributed by atoms with Crippen molar-refractivity contribution in [2.45, 2.75) is 39.2 Å². The van der Waals surface area contributed by atoms with Gasteiger partial charge in [0, 0.05) is 18.2 Å². The molecule has 1 heterocycles. The fraction of sp³-hybridized carbons (Fsp3) is 0.500. The van der Waals surface area contributed by atoms with Gasteiger partial charge in [-0.05, 0) is 37.8 Å². The molecule has 16 heavy (non-hydrogen) atoms. The van der Waals surface area contributed by atoms with Crippen molar-refractivity contribution in [3.05, 3.63) is 35.4 Å². The van der Waals surface area contributed by atoms with Crippen LogP contribution in [0.5, 0.6) is 0 Å². The van der Waals surface area contributed by atoms with Crippen molar-refractivity contribution in [3.63, 3.8) is 0 Å². The second-order valence-electron chi connectivity index (χ2n) is 4.52. The Morgan fingerprint density at radius 3 is 2.88 bits per heavy atom. The summed E-state index contributed by atoms with van der Waals surface area (Å²) in [5.41, 5.74) is 1.94. The van der Waals surface area contributed by atoms with Crippen LogP contribution in [0.4, 0.5) is 0 Å². The maximum Gasteiger partial charge on any atom is 0.254 e. The summed E-state index contributed by atoms with van der Waals surface area (Å²) in [5, 5.41) is 0. The number of carbonyl (C=O) groups is 1. The number of likely N-dealkylation sites (tertiary alicyclic amines) is 1. The summed E-state index contributed by atoms with van der Waals surface area (Å²) in [7, 11) is 0. The van der Waals surface area contributed by atoms with Crippen LogP contribution < -0.4 is 0 Å². The molecule has 0 radical (unpaired) electrons. The number of nitrogens with zero attached hydrogens (tertiary/aromatic N) is 1. The first-order valence-corrected chi connectivity index (χ1v) is 6.10. The predicted molar refractivity (Wildman–Crippen MR) is 65.5 cm³/mol. The average Bonchev–Trinajstić information content (AvgIpc) is 2.77. The van der Waals surface area contributed by atoms with Gasteiger partial charge in [0.1, 0.15) is 0 Å². The number of carbonyl (C=O) groups excluding carboxylic acids is 1. The Balaban J connectivity index is 2.22. The molecule has 1 fully saturated rings. The second-order valence-corrected chi connectivity index (χ2v) is 4.52. The van der Waals surface area contributed by atoms with E-state index < -0.39 is 0 Å². The van der Waals surface area contributed by atoms with Crippen molar-refractivity contribution in [1.29, 1.82) is 0 Å². The van der Waals surface area contributed by atoms with Gasteiger partial charge in [0.05, 0.1) is 0 Å². The molecule has 1 aromatic rings. The molecule has 0 aromatic heterocycles. The van der Waals surface area contributed by atoms with E-state index in [1.165, 1.54) is 0 Å². The van der Waals surface area contributed by atoms with Gasteiger partial charge in [-0.15, -0.1) is 0 Å². The smallest absolute Gasteiger partial charge is 0.254 e. The van der Waals surface area contributed by atoms with Crippen molar-refractivity contribution in [1.82, 2.24) is 4.90 Å². The molecule has 1 saturated heterocycles. The van der Waals surface area contributed by atoms with Crippen LogP contribution in [0.2, 0.25) is 0 Å². The summed E-state index contributed by atoms with van der Waals surface area (Å²) < 4.78 is 0. The largest absolute Gasteiger partial charge is 0.336 e. The Kier molecular flexibility index (Phi) is 3.28. The molecule has 1 atom stereocenters. The van der Waals surface area contributed by atoms with Crippen LogP contribution in [0, 0.1) is 6.92 Å². The van der Waals surface area contributed by atoms with Crippen LogP contribution in [-0.2, 0) is 0 Å². The van der Waals surface area contributed by atoms with Gasteiger partial charge in [-0.1, -0.05) is 25.1 Å². The molecular formula is C14H19NO. The summed E-state index contributed by atoms with van der Waals surface area (Å²) in [5.74, 6) is 0.211. The van der Waals surface area contributed by atoms with Gasteiger partial charge in [0.2, 0.25) is 0 Å². The first-order valence-electron chi connectivity index (χ1n) is 6.10. The third-order valence-electron chi connectivity index (χ3n) is 3.48. The van der Waals surface area contributed by atoms with Crippen LogP contribution >= 0.6 is 0 Å². The molecule has 1 aliphatic rings. The normalized spacial score (nSPS) is 20.1. The highest BCUT2D eigenvalue weighted by atomic mass is 16.2. The highest BCUT2D eigenvalue weighted by Crippen LogP contribution is 2.23. The van der Waals surface area contributed by atoms with Gasteiger partial charge in [-0.2, -0.15) is 0 Å². The molecule has 0 bridgehead atoms. The molecule has 0 spiro atoms. The van der Waals surface area contributed by atoms with E-state index in [0.29, 0.717) is 6.04 Å². The Morgan fingerprint density at radius 1 is 1.44 bits per heavy atom. The zero-order valence-electron chi connectivity index (χ0n) is 10.1. The van der Waals surface area contributed by atoms with Gasteiger partial charge in [0.25, 0.3) is 5.91 Å². The molecule has 2 heteroatoms. The first kappa shape index (κ1) is 11.2. The van der Waals surface area contributed by atoms with Gasteiger partial charge in [-0.3, -0.25) is 4.79 Å². The van der Waals surface area contributed by atoms with Crippen molar-refractivity contribution < 1.29 is 4.79 Å². The van der Waals surface area contributed by atoms with E-state index in [1.54, 1.807) is 0 Å². The van der Waals surface area contributed by atoms with E-state index in [0.717, 1.165) is 36.9 Å². The first-order chi connectivity index (χ1) is 7.74. The summed E-state index contributed by atoms with van der Waals surface area (Å²) in [4.78, 5) is 14.4. The molecule has 2 nitrogen and oxygen atoms in total. The van der Waals surface area contributed by atoms with Crippen molar-refractivity contribution in [3.8, 4) is 0 Å². The zero-order chi connectivity index (χ0) is 11.5. The maximum atomic E-state index is 12.4. The lowest BCUT2D eigenvalue weighted by Gasteiger charge is -2.24. The minimum absolute atomic E-state index is 0.211. The van der Waals surface area contributed by atoms with Gasteiger partial charge in [0.15, 0.2) is 0 Å². The standard InChI is InChI=1S/C14H19NO/c1-3-12-8-6-10-15(12)14(16)13-9-5-4-7-11(13)2/h4-5,7,9,12H,3,6,8,10H2,1-2H3. The summed E-state index contributed by atoms with van der Waals surface area (Å²) in [6.07, 6.45) is 3.38. The molecule has 1 aromatic carbocycles. The Hall–Kier alpha value is -1.31. The molecule has 2 rings (SSSR count). The monoisotopic (exact) mass is 217 g/mol. The molecule has 0 aliphatic carbocycles. The summed E-state index contributed by atoms with van der Waals surface area (Å²) >= 11 is 0. The number of amides is 1. The topological polar surface area (TPSA) is 20.3 Å². The quantitative estimate of drug-likeness (QED) is 0.745. The van der Waals surface area contributed by atoms with Crippen LogP contribution in [-0.4, -0.2) is 23.4 Å². The summed E-state index contributed by atoms with van der Waals surface area (Å²) in [6, 6.07) is 8.31. The van der Waals surface area contributed by atoms with Crippen LogP contribution in [0.25, 0.3) is 0 Å². The Morgan fingerprint density at radius 2 is 2.19 bits per heavy atom. The van der Waals surface area contributed by atoms with Crippen LogP contribution in [0.1, 0.15) is 42.1 Å². The van der Waals surface area contributed by atoms with E-state index in [4.69, 9.17) is 0 Å². The molecule has 86 valence electrons. The SMILES string of the molecule is CCC1CCCN1C(=O)c1ccccc1C. The molecule has 1 aliphatic heterocycles. The third-order valence-corrected chi connectivity index (χ3v) is 3.48. The molecule has 1 amide bonds. The summed E-state index contributed by atoms with van der Waals surface area (Å²) in [6.45, 7) is 5.09. The molecular weight excluding hydrogens is 198 g/mol. The number of hydrogen-bond donors (Lipinski definition) is 0. The minimum atomic E-state index is 0.211. The second kappa shape index (κ2) is 4.69. The lowest BCUT2D eigenvalue weighted by Crippen LogP contribution is -2.35. The van der Waals surface area contributed by atoms with Crippen LogP contribution in [0.15, 0.2) is 24.3 Å². The van der Waals surface area contributed by atoms with Crippen molar-refractivity contribution in [2.75, 3.05) is 6.54 Å². The Labute approximate surface area is 97.3 Å². The lowest BCUT2D eigenvalue weighted by atomic mass is 10.1. The molecule has 0 saturated carbocycles. The van der Waals surface area contributed by atoms with E-state index in [1.807, 2.05) is 36.1 Å². The molecule has 0 N–H and O–H groups in total. The predicted octanol–water partition coefficient (Wildman–Crippen LogP) is 3.01. The van der Waals surface area contributed by atoms with Crippen molar-refractivity contribution >= 4 is 5.91 Å². The third kappa shape index (κ3) is 1.97. The van der Waals surface area contributed by atoms with Gasteiger partial charge in [-0.25, -0.2) is 0 Å². The number of rotatable bonds is 2. The zero-order valence-corrected chi connectivity index (χ0v) is 10.1. The Bertz CT molecular complexity index is 386.